The fourth-order valence-electron chi connectivity index (χ4n) is 2.58. The van der Waals surface area contributed by atoms with Crippen molar-refractivity contribution in [1.82, 2.24) is 5.32 Å². The van der Waals surface area contributed by atoms with Gasteiger partial charge in [-0.3, -0.25) is 4.79 Å². The molecule has 1 aliphatic rings. The molecule has 0 fully saturated rings. The normalized spacial score (nSPS) is 23.4. The third kappa shape index (κ3) is 2.51. The lowest BCUT2D eigenvalue weighted by molar-refractivity contribution is -0.123. The minimum absolute atomic E-state index is 0.148. The van der Waals surface area contributed by atoms with Crippen LogP contribution in [0.1, 0.15) is 44.7 Å². The minimum atomic E-state index is -0.184. The molecule has 0 aliphatic carbocycles. The maximum atomic E-state index is 11.8. The molecular formula is C15H21NO. The van der Waals surface area contributed by atoms with E-state index in [0.29, 0.717) is 12.3 Å². The summed E-state index contributed by atoms with van der Waals surface area (Å²) in [7, 11) is 0. The van der Waals surface area contributed by atoms with Gasteiger partial charge in [0.15, 0.2) is 0 Å². The van der Waals surface area contributed by atoms with E-state index in [9.17, 15) is 4.79 Å². The van der Waals surface area contributed by atoms with Crippen LogP contribution in [0.3, 0.4) is 0 Å². The quantitative estimate of drug-likeness (QED) is 0.851. The van der Waals surface area contributed by atoms with Crippen molar-refractivity contribution in [3.05, 3.63) is 35.4 Å². The summed E-state index contributed by atoms with van der Waals surface area (Å²) < 4.78 is 0. The average molecular weight is 231 g/mol. The highest BCUT2D eigenvalue weighted by Gasteiger charge is 2.34. The van der Waals surface area contributed by atoms with Crippen LogP contribution in [0.15, 0.2) is 24.3 Å². The predicted octanol–water partition coefficient (Wildman–Crippen LogP) is 3.01. The van der Waals surface area contributed by atoms with Crippen LogP contribution in [-0.2, 0) is 16.8 Å². The predicted molar refractivity (Wildman–Crippen MR) is 69.7 cm³/mol. The van der Waals surface area contributed by atoms with Gasteiger partial charge in [0.2, 0.25) is 5.91 Å². The Morgan fingerprint density at radius 2 is 2.06 bits per heavy atom. The van der Waals surface area contributed by atoms with Crippen molar-refractivity contribution in [2.24, 2.45) is 5.92 Å². The number of benzene rings is 1. The molecule has 0 aromatic heterocycles. The molecule has 0 bridgehead atoms. The lowest BCUT2D eigenvalue weighted by Crippen LogP contribution is -2.48. The molecule has 1 heterocycles. The van der Waals surface area contributed by atoms with Crippen molar-refractivity contribution in [2.45, 2.75) is 45.6 Å². The summed E-state index contributed by atoms with van der Waals surface area (Å²) in [5.74, 6) is 0.813. The van der Waals surface area contributed by atoms with Gasteiger partial charge in [0.1, 0.15) is 0 Å². The molecule has 1 unspecified atom stereocenters. The molecule has 17 heavy (non-hydrogen) atoms. The van der Waals surface area contributed by atoms with E-state index in [2.05, 4.69) is 44.3 Å². The summed E-state index contributed by atoms with van der Waals surface area (Å²) in [6, 6.07) is 8.29. The molecule has 2 nitrogen and oxygen atoms in total. The smallest absolute Gasteiger partial charge is 0.225 e. The highest BCUT2D eigenvalue weighted by Crippen LogP contribution is 2.33. The van der Waals surface area contributed by atoms with Gasteiger partial charge in [0.25, 0.3) is 0 Å². The second-order valence-corrected chi connectivity index (χ2v) is 5.65. The maximum absolute atomic E-state index is 11.8. The summed E-state index contributed by atoms with van der Waals surface area (Å²) in [4.78, 5) is 11.8. The first-order valence-electron chi connectivity index (χ1n) is 6.41. The number of amides is 1. The van der Waals surface area contributed by atoms with E-state index in [4.69, 9.17) is 0 Å². The Hall–Kier alpha value is -1.31. The molecule has 1 aliphatic heterocycles. The third-order valence-electron chi connectivity index (χ3n) is 3.60. The first-order valence-corrected chi connectivity index (χ1v) is 6.41. The van der Waals surface area contributed by atoms with E-state index < -0.39 is 0 Å². The van der Waals surface area contributed by atoms with E-state index in [-0.39, 0.29) is 11.4 Å². The number of fused-ring (bicyclic) bond motifs is 1. The summed E-state index contributed by atoms with van der Waals surface area (Å²) in [6.45, 7) is 6.59. The number of rotatable bonds is 3. The first-order chi connectivity index (χ1) is 8.01. The third-order valence-corrected chi connectivity index (χ3v) is 3.60. The number of nitrogens with one attached hydrogen (secondary N) is 1. The van der Waals surface area contributed by atoms with E-state index in [1.807, 2.05) is 6.07 Å². The summed E-state index contributed by atoms with van der Waals surface area (Å²) in [5.41, 5.74) is 2.29. The highest BCUT2D eigenvalue weighted by atomic mass is 16.1. The maximum Gasteiger partial charge on any atom is 0.225 e. The minimum Gasteiger partial charge on any atom is -0.347 e. The Balaban J connectivity index is 2.30. The first kappa shape index (κ1) is 12.2. The van der Waals surface area contributed by atoms with E-state index in [1.165, 1.54) is 11.1 Å². The molecule has 2 rings (SSSR count). The Morgan fingerprint density at radius 1 is 1.35 bits per heavy atom. The van der Waals surface area contributed by atoms with Crippen molar-refractivity contribution in [2.75, 3.05) is 0 Å². The lowest BCUT2D eigenvalue weighted by Gasteiger charge is -2.37. The van der Waals surface area contributed by atoms with Crippen LogP contribution in [0.25, 0.3) is 0 Å². The van der Waals surface area contributed by atoms with Gasteiger partial charge < -0.3 is 5.32 Å². The topological polar surface area (TPSA) is 29.1 Å². The summed E-state index contributed by atoms with van der Waals surface area (Å²) in [5, 5.41) is 3.17. The van der Waals surface area contributed by atoms with Crippen molar-refractivity contribution in [1.29, 1.82) is 0 Å². The molecule has 1 aromatic rings. The molecule has 1 aromatic carbocycles. The molecule has 1 N–H and O–H groups in total. The number of carbonyl (C=O) groups is 1. The molecule has 2 heteroatoms. The van der Waals surface area contributed by atoms with Crippen molar-refractivity contribution in [3.8, 4) is 0 Å². The van der Waals surface area contributed by atoms with Crippen molar-refractivity contribution >= 4 is 5.91 Å². The number of hydrogen-bond donors (Lipinski definition) is 1. The van der Waals surface area contributed by atoms with Crippen molar-refractivity contribution < 1.29 is 4.79 Å². The Kier molecular flexibility index (Phi) is 3.23. The Bertz CT molecular complexity index is 425. The number of carbonyl (C=O) groups excluding carboxylic acids is 1. The van der Waals surface area contributed by atoms with Crippen LogP contribution in [-0.4, -0.2) is 5.91 Å². The monoisotopic (exact) mass is 231 g/mol. The van der Waals surface area contributed by atoms with E-state index in [0.717, 1.165) is 12.8 Å². The van der Waals surface area contributed by atoms with Crippen LogP contribution in [0.2, 0.25) is 0 Å². The van der Waals surface area contributed by atoms with Gasteiger partial charge in [0, 0.05) is 0 Å². The summed E-state index contributed by atoms with van der Waals surface area (Å²) >= 11 is 0. The zero-order chi connectivity index (χ0) is 12.5. The second kappa shape index (κ2) is 4.52. The standard InChI is InChI=1S/C15H21NO/c1-11(2)8-9-15(3)13-7-5-4-6-12(13)10-14(17)16-15/h4-7,11H,8-10H2,1-3H3,(H,16,17). The second-order valence-electron chi connectivity index (χ2n) is 5.65. The molecular weight excluding hydrogens is 210 g/mol. The fourth-order valence-corrected chi connectivity index (χ4v) is 2.58. The largest absolute Gasteiger partial charge is 0.347 e. The van der Waals surface area contributed by atoms with Crippen LogP contribution in [0.4, 0.5) is 0 Å². The van der Waals surface area contributed by atoms with E-state index >= 15 is 0 Å². The molecule has 0 saturated heterocycles. The van der Waals surface area contributed by atoms with Crippen LogP contribution < -0.4 is 5.32 Å². The zero-order valence-electron chi connectivity index (χ0n) is 10.9. The highest BCUT2D eigenvalue weighted by molar-refractivity contribution is 5.82. The molecule has 92 valence electrons. The van der Waals surface area contributed by atoms with Gasteiger partial charge in [-0.1, -0.05) is 38.1 Å². The van der Waals surface area contributed by atoms with Crippen molar-refractivity contribution in [3.63, 3.8) is 0 Å². The SMILES string of the molecule is CC(C)CCC1(C)NC(=O)Cc2ccccc21. The Labute approximate surface area is 103 Å². The molecule has 0 spiro atoms. The zero-order valence-corrected chi connectivity index (χ0v) is 10.9. The van der Waals surface area contributed by atoms with Gasteiger partial charge in [-0.2, -0.15) is 0 Å². The summed E-state index contributed by atoms with van der Waals surface area (Å²) in [6.07, 6.45) is 2.66. The van der Waals surface area contributed by atoms with Crippen LogP contribution in [0, 0.1) is 5.92 Å². The fraction of sp³-hybridized carbons (Fsp3) is 0.533. The molecule has 1 amide bonds. The van der Waals surface area contributed by atoms with Gasteiger partial charge in [-0.25, -0.2) is 0 Å². The molecule has 0 radical (unpaired) electrons. The van der Waals surface area contributed by atoms with Crippen LogP contribution in [0.5, 0.6) is 0 Å². The molecule has 0 saturated carbocycles. The van der Waals surface area contributed by atoms with Gasteiger partial charge in [-0.05, 0) is 36.8 Å². The average Bonchev–Trinajstić information content (AvgIpc) is 2.26. The van der Waals surface area contributed by atoms with Gasteiger partial charge in [0.05, 0.1) is 12.0 Å². The number of hydrogen-bond acceptors (Lipinski definition) is 1. The lowest BCUT2D eigenvalue weighted by atomic mass is 9.79. The van der Waals surface area contributed by atoms with Gasteiger partial charge >= 0.3 is 0 Å². The van der Waals surface area contributed by atoms with Crippen LogP contribution >= 0.6 is 0 Å². The molecule has 1 atom stereocenters. The Morgan fingerprint density at radius 3 is 2.76 bits per heavy atom. The van der Waals surface area contributed by atoms with E-state index in [1.54, 1.807) is 0 Å². The van der Waals surface area contributed by atoms with Gasteiger partial charge in [-0.15, -0.1) is 0 Å².